The zero-order valence-electron chi connectivity index (χ0n) is 9.12. The molecule has 1 heterocycles. The van der Waals surface area contributed by atoms with Crippen molar-refractivity contribution in [2.24, 2.45) is 0 Å². The molecule has 0 aromatic rings. The van der Waals surface area contributed by atoms with Gasteiger partial charge in [0.2, 0.25) is 0 Å². The molecule has 15 heavy (non-hydrogen) atoms. The highest BCUT2D eigenvalue weighted by Gasteiger charge is 2.28. The Kier molecular flexibility index (Phi) is 5.08. The highest BCUT2D eigenvalue weighted by Crippen LogP contribution is 2.18. The number of ether oxygens (including phenoxy) is 1. The molecule has 0 aromatic carbocycles. The average molecular weight is 217 g/mol. The number of aliphatic hydroxyl groups excluding tert-OH is 1. The van der Waals surface area contributed by atoms with Crippen molar-refractivity contribution < 1.29 is 14.6 Å². The number of carbonyl (C=O) groups excluding carboxylic acids is 1. The molecule has 1 atom stereocenters. The maximum Gasteiger partial charge on any atom is 0.412 e. The van der Waals surface area contributed by atoms with E-state index < -0.39 is 17.9 Å². The van der Waals surface area contributed by atoms with Gasteiger partial charge in [0.1, 0.15) is 11.8 Å². The van der Waals surface area contributed by atoms with E-state index in [0.717, 1.165) is 12.8 Å². The van der Waals surface area contributed by atoms with E-state index >= 15 is 0 Å². The summed E-state index contributed by atoms with van der Waals surface area (Å²) in [7, 11) is 0. The molecule has 90 valence electrons. The third-order valence-electron chi connectivity index (χ3n) is 2.10. The fraction of sp³-hybridized carbons (Fsp3) is 0.909. The minimum Gasteiger partial charge on any atom is -0.444 e. The molecule has 1 amide bonds. The van der Waals surface area contributed by atoms with Crippen LogP contribution in [0.2, 0.25) is 0 Å². The van der Waals surface area contributed by atoms with Crippen LogP contribution in [0.5, 0.6) is 0 Å². The number of carbonyl (C=O) groups is 1. The minimum absolute atomic E-state index is 0. The fourth-order valence-electron chi connectivity index (χ4n) is 1.45. The van der Waals surface area contributed by atoms with Crippen molar-refractivity contribution in [3.63, 3.8) is 0 Å². The molecule has 1 fully saturated rings. The minimum atomic E-state index is -0.668. The lowest BCUT2D eigenvalue weighted by molar-refractivity contribution is -0.0450. The van der Waals surface area contributed by atoms with Crippen molar-refractivity contribution in [2.45, 2.75) is 59.3 Å². The van der Waals surface area contributed by atoms with Crippen LogP contribution in [0.3, 0.4) is 0 Å². The van der Waals surface area contributed by atoms with Crippen molar-refractivity contribution in [3.05, 3.63) is 0 Å². The molecule has 1 aliphatic heterocycles. The molecule has 0 aromatic heterocycles. The molecule has 4 heteroatoms. The summed E-state index contributed by atoms with van der Waals surface area (Å²) in [6, 6.07) is 0. The first-order valence-electron chi connectivity index (χ1n) is 5.08. The lowest BCUT2D eigenvalue weighted by Gasteiger charge is -2.33. The molecular weight excluding hydrogens is 194 g/mol. The van der Waals surface area contributed by atoms with E-state index in [1.165, 1.54) is 4.90 Å². The Morgan fingerprint density at radius 2 is 2.00 bits per heavy atom. The van der Waals surface area contributed by atoms with E-state index in [1.807, 2.05) is 20.8 Å². The van der Waals surface area contributed by atoms with Crippen molar-refractivity contribution in [3.8, 4) is 0 Å². The van der Waals surface area contributed by atoms with E-state index in [0.29, 0.717) is 13.0 Å². The van der Waals surface area contributed by atoms with E-state index in [9.17, 15) is 9.90 Å². The summed E-state index contributed by atoms with van der Waals surface area (Å²) in [4.78, 5) is 13.0. The number of hydrogen-bond acceptors (Lipinski definition) is 3. The van der Waals surface area contributed by atoms with Crippen LogP contribution >= 0.6 is 0 Å². The topological polar surface area (TPSA) is 49.8 Å². The molecule has 0 radical (unpaired) electrons. The van der Waals surface area contributed by atoms with Gasteiger partial charge in [-0.3, -0.25) is 4.90 Å². The SMILES string of the molecule is C.CC(C)(C)OC(=O)N1CCCCC1O. The fourth-order valence-corrected chi connectivity index (χ4v) is 1.45. The Morgan fingerprint density at radius 1 is 1.40 bits per heavy atom. The van der Waals surface area contributed by atoms with Crippen LogP contribution in [0.25, 0.3) is 0 Å². The summed E-state index contributed by atoms with van der Waals surface area (Å²) in [5.74, 6) is 0. The molecule has 1 rings (SSSR count). The molecular formula is C11H23NO3. The number of rotatable bonds is 0. The molecule has 0 spiro atoms. The maximum absolute atomic E-state index is 11.6. The Morgan fingerprint density at radius 3 is 2.47 bits per heavy atom. The molecule has 0 bridgehead atoms. The smallest absolute Gasteiger partial charge is 0.412 e. The monoisotopic (exact) mass is 217 g/mol. The van der Waals surface area contributed by atoms with Crippen LogP contribution in [0.4, 0.5) is 4.79 Å². The third-order valence-corrected chi connectivity index (χ3v) is 2.10. The first-order chi connectivity index (χ1) is 6.40. The van der Waals surface area contributed by atoms with Crippen LogP contribution in [0.15, 0.2) is 0 Å². The highest BCUT2D eigenvalue weighted by molar-refractivity contribution is 5.68. The summed E-state index contributed by atoms with van der Waals surface area (Å²) in [5.41, 5.74) is -0.492. The van der Waals surface area contributed by atoms with Crippen molar-refractivity contribution >= 4 is 6.09 Å². The summed E-state index contributed by atoms with van der Waals surface area (Å²) in [6.45, 7) is 6.06. The molecule has 4 nitrogen and oxygen atoms in total. The van der Waals surface area contributed by atoms with E-state index in [1.54, 1.807) is 0 Å². The van der Waals surface area contributed by atoms with Crippen LogP contribution in [-0.4, -0.2) is 34.5 Å². The van der Waals surface area contributed by atoms with Gasteiger partial charge in [0.25, 0.3) is 0 Å². The van der Waals surface area contributed by atoms with Gasteiger partial charge in [0.15, 0.2) is 0 Å². The second-order valence-corrected chi connectivity index (χ2v) is 4.65. The summed E-state index contributed by atoms with van der Waals surface area (Å²) >= 11 is 0. The number of hydrogen-bond donors (Lipinski definition) is 1. The Labute approximate surface area is 92.2 Å². The Bertz CT molecular complexity index is 210. The lowest BCUT2D eigenvalue weighted by Crippen LogP contribution is -2.46. The van der Waals surface area contributed by atoms with E-state index in [-0.39, 0.29) is 7.43 Å². The summed E-state index contributed by atoms with van der Waals surface area (Å²) in [5, 5.41) is 9.56. The van der Waals surface area contributed by atoms with Gasteiger partial charge in [-0.05, 0) is 40.0 Å². The third kappa shape index (κ3) is 4.51. The molecule has 1 saturated heterocycles. The normalized spacial score (nSPS) is 21.9. The van der Waals surface area contributed by atoms with Crippen LogP contribution in [0.1, 0.15) is 47.5 Å². The van der Waals surface area contributed by atoms with Gasteiger partial charge in [-0.2, -0.15) is 0 Å². The van der Waals surface area contributed by atoms with E-state index in [4.69, 9.17) is 4.74 Å². The number of piperidine rings is 1. The molecule has 0 saturated carbocycles. The first kappa shape index (κ1) is 14.2. The Hall–Kier alpha value is -0.770. The second kappa shape index (κ2) is 5.35. The molecule has 1 aliphatic rings. The van der Waals surface area contributed by atoms with Gasteiger partial charge >= 0.3 is 6.09 Å². The summed E-state index contributed by atoms with van der Waals surface area (Å²) in [6.07, 6.45) is 1.49. The van der Waals surface area contributed by atoms with Gasteiger partial charge in [-0.15, -0.1) is 0 Å². The second-order valence-electron chi connectivity index (χ2n) is 4.65. The van der Waals surface area contributed by atoms with Gasteiger partial charge in [-0.1, -0.05) is 7.43 Å². The maximum atomic E-state index is 11.6. The lowest BCUT2D eigenvalue weighted by atomic mass is 10.1. The van der Waals surface area contributed by atoms with Gasteiger partial charge < -0.3 is 9.84 Å². The van der Waals surface area contributed by atoms with Gasteiger partial charge in [-0.25, -0.2) is 4.79 Å². The zero-order chi connectivity index (χ0) is 10.8. The molecule has 1 unspecified atom stereocenters. The molecule has 0 aliphatic carbocycles. The van der Waals surface area contributed by atoms with Crippen LogP contribution in [0, 0.1) is 0 Å². The number of likely N-dealkylation sites (tertiary alicyclic amines) is 1. The van der Waals surface area contributed by atoms with Crippen LogP contribution < -0.4 is 0 Å². The number of aliphatic hydroxyl groups is 1. The molecule has 1 N–H and O–H groups in total. The van der Waals surface area contributed by atoms with Gasteiger partial charge in [0.05, 0.1) is 0 Å². The zero-order valence-corrected chi connectivity index (χ0v) is 9.12. The Balaban J connectivity index is 0.00000196. The standard InChI is InChI=1S/C10H19NO3.CH4/c1-10(2,3)14-9(13)11-7-5-4-6-8(11)12;/h8,12H,4-7H2,1-3H3;1H4. The number of amides is 1. The first-order valence-corrected chi connectivity index (χ1v) is 5.08. The van der Waals surface area contributed by atoms with Crippen LogP contribution in [-0.2, 0) is 4.74 Å². The van der Waals surface area contributed by atoms with Crippen molar-refractivity contribution in [2.75, 3.05) is 6.54 Å². The van der Waals surface area contributed by atoms with Gasteiger partial charge in [0, 0.05) is 6.54 Å². The predicted molar refractivity (Wildman–Crippen MR) is 59.5 cm³/mol. The predicted octanol–water partition coefficient (Wildman–Crippen LogP) is 2.36. The largest absolute Gasteiger partial charge is 0.444 e. The quantitative estimate of drug-likeness (QED) is 0.677. The van der Waals surface area contributed by atoms with Crippen molar-refractivity contribution in [1.82, 2.24) is 4.90 Å². The average Bonchev–Trinajstić information content (AvgIpc) is 2.01. The van der Waals surface area contributed by atoms with Crippen molar-refractivity contribution in [1.29, 1.82) is 0 Å². The highest BCUT2D eigenvalue weighted by atomic mass is 16.6. The van der Waals surface area contributed by atoms with E-state index in [2.05, 4.69) is 0 Å². The number of nitrogens with zero attached hydrogens (tertiary/aromatic N) is 1. The summed E-state index contributed by atoms with van der Waals surface area (Å²) < 4.78 is 5.17.